The average Bonchev–Trinajstić information content (AvgIpc) is 2.59. The fourth-order valence-electron chi connectivity index (χ4n) is 2.25. The quantitative estimate of drug-likeness (QED) is 0.713. The van der Waals surface area contributed by atoms with Gasteiger partial charge in [-0.2, -0.15) is 0 Å². The highest BCUT2D eigenvalue weighted by Gasteiger charge is 2.27. The van der Waals surface area contributed by atoms with E-state index in [1.54, 1.807) is 57.2 Å². The highest BCUT2D eigenvalue weighted by molar-refractivity contribution is 5.91. The predicted octanol–water partition coefficient (Wildman–Crippen LogP) is 3.50. The van der Waals surface area contributed by atoms with Crippen LogP contribution in [0.5, 0.6) is 0 Å². The van der Waals surface area contributed by atoms with Gasteiger partial charge < -0.3 is 21.5 Å². The highest BCUT2D eigenvalue weighted by Crippen LogP contribution is 2.14. The van der Waals surface area contributed by atoms with E-state index in [9.17, 15) is 9.59 Å². The SMILES string of the molecule is CC(C)(C)OC(=O)N(Cc1ccc(N)cc1)C(=O)NCc1ccc(N)cc1. The maximum atomic E-state index is 12.6. The first-order chi connectivity index (χ1) is 12.6. The third kappa shape index (κ3) is 6.54. The Kier molecular flexibility index (Phi) is 6.28. The van der Waals surface area contributed by atoms with E-state index in [4.69, 9.17) is 16.2 Å². The van der Waals surface area contributed by atoms with Crippen LogP contribution in [0.25, 0.3) is 0 Å². The zero-order valence-electron chi connectivity index (χ0n) is 15.9. The van der Waals surface area contributed by atoms with Crippen LogP contribution in [-0.4, -0.2) is 22.6 Å². The van der Waals surface area contributed by atoms with Gasteiger partial charge in [0.2, 0.25) is 0 Å². The van der Waals surface area contributed by atoms with Gasteiger partial charge >= 0.3 is 12.1 Å². The Hall–Kier alpha value is -3.22. The summed E-state index contributed by atoms with van der Waals surface area (Å²) in [5.41, 5.74) is 13.5. The molecule has 2 rings (SSSR count). The first-order valence-corrected chi connectivity index (χ1v) is 8.61. The van der Waals surface area contributed by atoms with Gasteiger partial charge in [-0.1, -0.05) is 24.3 Å². The molecule has 0 unspecified atom stereocenters. The van der Waals surface area contributed by atoms with Crippen LogP contribution in [0.1, 0.15) is 31.9 Å². The topological polar surface area (TPSA) is 111 Å². The molecule has 7 nitrogen and oxygen atoms in total. The number of carbonyl (C=O) groups excluding carboxylic acids is 2. The molecule has 3 amide bonds. The van der Waals surface area contributed by atoms with Crippen LogP contribution in [0.15, 0.2) is 48.5 Å². The summed E-state index contributed by atoms with van der Waals surface area (Å²) in [5, 5.41) is 2.74. The standard InChI is InChI=1S/C20H26N4O3/c1-20(2,3)27-19(26)24(13-15-6-10-17(22)11-7-15)18(25)23-12-14-4-8-16(21)9-5-14/h4-11H,12-13,21-22H2,1-3H3,(H,23,25). The molecule has 7 heteroatoms. The van der Waals surface area contributed by atoms with E-state index in [2.05, 4.69) is 5.32 Å². The maximum absolute atomic E-state index is 12.6. The van der Waals surface area contributed by atoms with E-state index in [-0.39, 0.29) is 13.1 Å². The molecule has 27 heavy (non-hydrogen) atoms. The second kappa shape index (κ2) is 8.44. The number of ether oxygens (including phenoxy) is 1. The number of urea groups is 1. The van der Waals surface area contributed by atoms with Crippen molar-refractivity contribution in [2.45, 2.75) is 39.5 Å². The molecule has 0 radical (unpaired) electrons. The van der Waals surface area contributed by atoms with Gasteiger partial charge in [-0.05, 0) is 56.2 Å². The minimum absolute atomic E-state index is 0.0722. The monoisotopic (exact) mass is 370 g/mol. The fraction of sp³-hybridized carbons (Fsp3) is 0.300. The number of rotatable bonds is 4. The van der Waals surface area contributed by atoms with E-state index in [1.165, 1.54) is 0 Å². The van der Waals surface area contributed by atoms with E-state index in [0.29, 0.717) is 11.4 Å². The van der Waals surface area contributed by atoms with Gasteiger partial charge in [0.05, 0.1) is 6.54 Å². The lowest BCUT2D eigenvalue weighted by Crippen LogP contribution is -2.45. The number of nitrogens with one attached hydrogen (secondary N) is 1. The summed E-state index contributed by atoms with van der Waals surface area (Å²) in [7, 11) is 0. The number of nitrogens with zero attached hydrogens (tertiary/aromatic N) is 1. The Balaban J connectivity index is 2.11. The van der Waals surface area contributed by atoms with Crippen LogP contribution in [0, 0.1) is 0 Å². The number of benzene rings is 2. The summed E-state index contributed by atoms with van der Waals surface area (Å²) in [6, 6.07) is 13.5. The van der Waals surface area contributed by atoms with Gasteiger partial charge in [-0.15, -0.1) is 0 Å². The summed E-state index contributed by atoms with van der Waals surface area (Å²) >= 11 is 0. The molecule has 0 atom stereocenters. The second-order valence-electron chi connectivity index (χ2n) is 7.21. The van der Waals surface area contributed by atoms with Crippen molar-refractivity contribution in [3.63, 3.8) is 0 Å². The summed E-state index contributed by atoms with van der Waals surface area (Å²) in [4.78, 5) is 26.2. The van der Waals surface area contributed by atoms with Gasteiger partial charge in [0.15, 0.2) is 0 Å². The Labute approximate surface area is 159 Å². The second-order valence-corrected chi connectivity index (χ2v) is 7.21. The number of anilines is 2. The Morgan fingerprint density at radius 2 is 1.41 bits per heavy atom. The van der Waals surface area contributed by atoms with Gasteiger partial charge in [0, 0.05) is 17.9 Å². The molecule has 0 bridgehead atoms. The van der Waals surface area contributed by atoms with Crippen molar-refractivity contribution in [1.82, 2.24) is 10.2 Å². The molecule has 0 aliphatic carbocycles. The number of hydrogen-bond acceptors (Lipinski definition) is 5. The van der Waals surface area contributed by atoms with Crippen LogP contribution in [-0.2, 0) is 17.8 Å². The summed E-state index contributed by atoms with van der Waals surface area (Å²) in [6.45, 7) is 5.58. The number of imide groups is 1. The van der Waals surface area contributed by atoms with Crippen LogP contribution in [0.4, 0.5) is 21.0 Å². The van der Waals surface area contributed by atoms with Crippen LogP contribution in [0.3, 0.4) is 0 Å². The zero-order chi connectivity index (χ0) is 20.0. The average molecular weight is 370 g/mol. The minimum Gasteiger partial charge on any atom is -0.443 e. The van der Waals surface area contributed by atoms with Crippen molar-refractivity contribution in [3.05, 3.63) is 59.7 Å². The summed E-state index contributed by atoms with van der Waals surface area (Å²) in [6.07, 6.45) is -0.714. The first-order valence-electron chi connectivity index (χ1n) is 8.61. The van der Waals surface area contributed by atoms with Crippen molar-refractivity contribution in [1.29, 1.82) is 0 Å². The molecule has 0 fully saturated rings. The summed E-state index contributed by atoms with van der Waals surface area (Å²) < 4.78 is 5.37. The third-order valence-electron chi connectivity index (χ3n) is 3.60. The molecule has 0 saturated heterocycles. The van der Waals surface area contributed by atoms with Crippen LogP contribution >= 0.6 is 0 Å². The Morgan fingerprint density at radius 3 is 1.89 bits per heavy atom. The van der Waals surface area contributed by atoms with Crippen molar-refractivity contribution >= 4 is 23.5 Å². The lowest BCUT2D eigenvalue weighted by molar-refractivity contribution is 0.0308. The van der Waals surface area contributed by atoms with Crippen molar-refractivity contribution in [2.75, 3.05) is 11.5 Å². The van der Waals surface area contributed by atoms with Crippen molar-refractivity contribution in [2.24, 2.45) is 0 Å². The minimum atomic E-state index is -0.715. The smallest absolute Gasteiger partial charge is 0.418 e. The van der Waals surface area contributed by atoms with Gasteiger partial charge in [0.25, 0.3) is 0 Å². The van der Waals surface area contributed by atoms with Crippen molar-refractivity contribution < 1.29 is 14.3 Å². The molecule has 2 aromatic carbocycles. The van der Waals surface area contributed by atoms with Crippen molar-refractivity contribution in [3.8, 4) is 0 Å². The molecule has 0 spiro atoms. The number of amides is 3. The largest absolute Gasteiger partial charge is 0.443 e. The highest BCUT2D eigenvalue weighted by atomic mass is 16.6. The van der Waals surface area contributed by atoms with E-state index in [1.807, 2.05) is 12.1 Å². The van der Waals surface area contributed by atoms with Gasteiger partial charge in [-0.3, -0.25) is 0 Å². The number of nitrogen functional groups attached to an aromatic ring is 2. The molecule has 2 aromatic rings. The molecular weight excluding hydrogens is 344 g/mol. The number of carbonyl (C=O) groups is 2. The molecule has 0 aliphatic rings. The van der Waals surface area contributed by atoms with E-state index < -0.39 is 17.7 Å². The van der Waals surface area contributed by atoms with Gasteiger partial charge in [-0.25, -0.2) is 14.5 Å². The first kappa shape index (κ1) is 20.1. The maximum Gasteiger partial charge on any atom is 0.418 e. The molecule has 0 saturated carbocycles. The molecular formula is C20H26N4O3. The third-order valence-corrected chi connectivity index (χ3v) is 3.60. The normalized spacial score (nSPS) is 10.9. The van der Waals surface area contributed by atoms with Crippen LogP contribution < -0.4 is 16.8 Å². The molecule has 0 aromatic heterocycles. The lowest BCUT2D eigenvalue weighted by atomic mass is 10.2. The molecule has 0 aliphatic heterocycles. The molecule has 144 valence electrons. The zero-order valence-corrected chi connectivity index (χ0v) is 15.9. The van der Waals surface area contributed by atoms with Gasteiger partial charge in [0.1, 0.15) is 5.60 Å². The Morgan fingerprint density at radius 1 is 0.926 bits per heavy atom. The Bertz CT molecular complexity index is 780. The molecule has 5 N–H and O–H groups in total. The van der Waals surface area contributed by atoms with Crippen LogP contribution in [0.2, 0.25) is 0 Å². The number of nitrogens with two attached hydrogens (primary N) is 2. The van der Waals surface area contributed by atoms with E-state index >= 15 is 0 Å². The predicted molar refractivity (Wildman–Crippen MR) is 106 cm³/mol. The fourth-order valence-corrected chi connectivity index (χ4v) is 2.25. The van der Waals surface area contributed by atoms with E-state index in [0.717, 1.165) is 16.0 Å². The molecule has 0 heterocycles. The lowest BCUT2D eigenvalue weighted by Gasteiger charge is -2.26. The number of hydrogen-bond donors (Lipinski definition) is 3. The summed E-state index contributed by atoms with van der Waals surface area (Å²) in [5.74, 6) is 0.